The minimum Gasteiger partial charge on any atom is -0.502 e. The Balaban J connectivity index is 1.45. The third kappa shape index (κ3) is 3.47. The average Bonchev–Trinajstić information content (AvgIpc) is 3.37. The third-order valence-corrected chi connectivity index (χ3v) is 6.13. The van der Waals surface area contributed by atoms with Crippen LogP contribution in [-0.2, 0) is 24.8 Å². The minimum atomic E-state index is -0.618. The van der Waals surface area contributed by atoms with Crippen LogP contribution < -0.4 is 5.43 Å². The fourth-order valence-electron chi connectivity index (χ4n) is 4.55. The molecule has 8 nitrogen and oxygen atoms in total. The van der Waals surface area contributed by atoms with Gasteiger partial charge in [0.15, 0.2) is 5.76 Å². The number of benzene rings is 1. The molecule has 2 N–H and O–H groups in total. The Hall–Kier alpha value is -3.81. The summed E-state index contributed by atoms with van der Waals surface area (Å²) in [5.74, 6) is -0.682. The van der Waals surface area contributed by atoms with Crippen LogP contribution in [0.25, 0.3) is 10.9 Å². The number of hydrogen-bond donors (Lipinski definition) is 2. The van der Waals surface area contributed by atoms with Gasteiger partial charge in [0.05, 0.1) is 18.7 Å². The Morgan fingerprint density at radius 1 is 1.34 bits per heavy atom. The summed E-state index contributed by atoms with van der Waals surface area (Å²) in [4.78, 5) is 30.8. The quantitative estimate of drug-likeness (QED) is 0.516. The molecule has 4 heterocycles. The van der Waals surface area contributed by atoms with Crippen LogP contribution in [0.5, 0.6) is 5.75 Å². The molecule has 1 atom stereocenters. The van der Waals surface area contributed by atoms with Gasteiger partial charge < -0.3 is 19.4 Å². The van der Waals surface area contributed by atoms with Crippen molar-refractivity contribution in [2.75, 3.05) is 6.54 Å². The van der Waals surface area contributed by atoms with Crippen molar-refractivity contribution in [1.82, 2.24) is 19.7 Å². The van der Waals surface area contributed by atoms with Crippen LogP contribution >= 0.6 is 0 Å². The molecular formula is C24H24N4O4. The Bertz CT molecular complexity index is 1380. The second-order valence-corrected chi connectivity index (χ2v) is 8.33. The van der Waals surface area contributed by atoms with Crippen LogP contribution in [0.4, 0.5) is 0 Å². The van der Waals surface area contributed by atoms with E-state index in [2.05, 4.69) is 16.1 Å². The molecule has 5 rings (SSSR count). The van der Waals surface area contributed by atoms with Gasteiger partial charge in [-0.3, -0.25) is 14.3 Å². The van der Waals surface area contributed by atoms with Crippen LogP contribution in [0.3, 0.4) is 0 Å². The van der Waals surface area contributed by atoms with Crippen molar-refractivity contribution in [3.05, 3.63) is 81.3 Å². The maximum absolute atomic E-state index is 13.4. The molecule has 0 saturated carbocycles. The molecule has 1 unspecified atom stereocenters. The standard InChI is InChI=1S/C24H24N4O4/c1-14-9-21(29)23(31)24(32-14)18(15-11-25-27(2)12-15)10-22(30)28-8-7-17-16-5-3-4-6-19(16)26-20(17)13-28/h3-6,9,11-12,18,26,31H,7-8,10,13H2,1-2H3. The Morgan fingerprint density at radius 2 is 2.16 bits per heavy atom. The zero-order valence-corrected chi connectivity index (χ0v) is 18.0. The number of aromatic hydroxyl groups is 1. The van der Waals surface area contributed by atoms with Crippen molar-refractivity contribution in [3.63, 3.8) is 0 Å². The summed E-state index contributed by atoms with van der Waals surface area (Å²) in [5.41, 5.74) is 3.56. The predicted octanol–water partition coefficient (Wildman–Crippen LogP) is 2.98. The summed E-state index contributed by atoms with van der Waals surface area (Å²) in [6.45, 7) is 2.75. The van der Waals surface area contributed by atoms with Gasteiger partial charge in [0.2, 0.25) is 17.1 Å². The number of aromatic nitrogens is 3. The second kappa shape index (κ2) is 7.71. The van der Waals surface area contributed by atoms with E-state index in [9.17, 15) is 14.7 Å². The molecule has 1 aliphatic heterocycles. The van der Waals surface area contributed by atoms with Crippen molar-refractivity contribution >= 4 is 16.8 Å². The highest BCUT2D eigenvalue weighted by Gasteiger charge is 2.30. The maximum atomic E-state index is 13.4. The van der Waals surface area contributed by atoms with Crippen molar-refractivity contribution in [3.8, 4) is 5.75 Å². The van der Waals surface area contributed by atoms with Crippen molar-refractivity contribution in [2.45, 2.75) is 32.2 Å². The van der Waals surface area contributed by atoms with E-state index >= 15 is 0 Å². The van der Waals surface area contributed by atoms with Crippen LogP contribution in [0.1, 0.15) is 40.7 Å². The van der Waals surface area contributed by atoms with E-state index < -0.39 is 17.1 Å². The van der Waals surface area contributed by atoms with E-state index in [0.717, 1.165) is 17.6 Å². The predicted molar refractivity (Wildman–Crippen MR) is 118 cm³/mol. The second-order valence-electron chi connectivity index (χ2n) is 8.33. The summed E-state index contributed by atoms with van der Waals surface area (Å²) in [7, 11) is 1.77. The van der Waals surface area contributed by atoms with Gasteiger partial charge in [-0.1, -0.05) is 18.2 Å². The van der Waals surface area contributed by atoms with Crippen molar-refractivity contribution in [2.24, 2.45) is 7.05 Å². The lowest BCUT2D eigenvalue weighted by Crippen LogP contribution is -2.36. The molecule has 0 spiro atoms. The fraction of sp³-hybridized carbons (Fsp3) is 0.292. The lowest BCUT2D eigenvalue weighted by molar-refractivity contribution is -0.132. The van der Waals surface area contributed by atoms with Crippen LogP contribution in [-0.4, -0.2) is 37.2 Å². The first-order valence-electron chi connectivity index (χ1n) is 10.6. The molecule has 0 saturated heterocycles. The lowest BCUT2D eigenvalue weighted by atomic mass is 9.93. The molecule has 0 bridgehead atoms. The topological polar surface area (TPSA) is 104 Å². The molecule has 1 aromatic carbocycles. The fourth-order valence-corrected chi connectivity index (χ4v) is 4.55. The van der Waals surface area contributed by atoms with E-state index in [4.69, 9.17) is 4.42 Å². The van der Waals surface area contributed by atoms with E-state index in [0.29, 0.717) is 24.4 Å². The molecule has 8 heteroatoms. The third-order valence-electron chi connectivity index (χ3n) is 6.13. The van der Waals surface area contributed by atoms with Gasteiger partial charge in [-0.2, -0.15) is 5.10 Å². The number of carbonyl (C=O) groups excluding carboxylic acids is 1. The van der Waals surface area contributed by atoms with E-state index in [1.54, 1.807) is 31.0 Å². The summed E-state index contributed by atoms with van der Waals surface area (Å²) in [6, 6.07) is 9.40. The number of carbonyl (C=O) groups is 1. The first kappa shape index (κ1) is 20.1. The van der Waals surface area contributed by atoms with Gasteiger partial charge in [0.25, 0.3) is 0 Å². The molecule has 1 amide bonds. The number of hydrogen-bond acceptors (Lipinski definition) is 5. The highest BCUT2D eigenvalue weighted by atomic mass is 16.4. The number of fused-ring (bicyclic) bond motifs is 3. The zero-order chi connectivity index (χ0) is 22.4. The lowest BCUT2D eigenvalue weighted by Gasteiger charge is -2.28. The summed E-state index contributed by atoms with van der Waals surface area (Å²) in [5, 5.41) is 15.8. The average molecular weight is 432 g/mol. The molecule has 0 fully saturated rings. The van der Waals surface area contributed by atoms with Gasteiger partial charge in [0, 0.05) is 54.4 Å². The van der Waals surface area contributed by atoms with Crippen molar-refractivity contribution in [1.29, 1.82) is 0 Å². The first-order chi connectivity index (χ1) is 15.4. The molecule has 164 valence electrons. The highest BCUT2D eigenvalue weighted by Crippen LogP contribution is 2.34. The van der Waals surface area contributed by atoms with Crippen LogP contribution in [0.15, 0.2) is 51.9 Å². The molecule has 3 aromatic heterocycles. The SMILES string of the molecule is Cc1cc(=O)c(O)c(C(CC(=O)N2CCc3c([nH]c4ccccc34)C2)c2cnn(C)c2)o1. The normalized spacial score (nSPS) is 14.5. The molecule has 0 radical (unpaired) electrons. The number of para-hydroxylation sites is 1. The Morgan fingerprint density at radius 3 is 2.94 bits per heavy atom. The minimum absolute atomic E-state index is 0.0568. The summed E-state index contributed by atoms with van der Waals surface area (Å²) < 4.78 is 7.36. The van der Waals surface area contributed by atoms with E-state index in [1.807, 2.05) is 23.1 Å². The molecular weight excluding hydrogens is 408 g/mol. The van der Waals surface area contributed by atoms with Gasteiger partial charge in [-0.25, -0.2) is 0 Å². The largest absolute Gasteiger partial charge is 0.502 e. The zero-order valence-electron chi connectivity index (χ0n) is 18.0. The van der Waals surface area contributed by atoms with Crippen LogP contribution in [0.2, 0.25) is 0 Å². The van der Waals surface area contributed by atoms with Gasteiger partial charge in [0.1, 0.15) is 5.76 Å². The van der Waals surface area contributed by atoms with E-state index in [-0.39, 0.29) is 18.1 Å². The highest BCUT2D eigenvalue weighted by molar-refractivity contribution is 5.86. The summed E-state index contributed by atoms with van der Waals surface area (Å²) in [6.07, 6.45) is 4.23. The Labute approximate surface area is 184 Å². The van der Waals surface area contributed by atoms with Gasteiger partial charge in [-0.05, 0) is 25.0 Å². The smallest absolute Gasteiger partial charge is 0.227 e. The maximum Gasteiger partial charge on any atom is 0.227 e. The molecule has 32 heavy (non-hydrogen) atoms. The molecule has 1 aliphatic rings. The number of H-pyrrole nitrogens is 1. The number of nitrogens with one attached hydrogen (secondary N) is 1. The monoisotopic (exact) mass is 432 g/mol. The first-order valence-corrected chi connectivity index (χ1v) is 10.6. The van der Waals surface area contributed by atoms with E-state index in [1.165, 1.54) is 17.0 Å². The van der Waals surface area contributed by atoms with Crippen molar-refractivity contribution < 1.29 is 14.3 Å². The molecule has 0 aliphatic carbocycles. The van der Waals surface area contributed by atoms with Gasteiger partial charge >= 0.3 is 0 Å². The number of amides is 1. The number of rotatable bonds is 4. The molecule has 4 aromatic rings. The number of nitrogens with zero attached hydrogens (tertiary/aromatic N) is 3. The summed E-state index contributed by atoms with van der Waals surface area (Å²) >= 11 is 0. The van der Waals surface area contributed by atoms with Crippen LogP contribution in [0, 0.1) is 6.92 Å². The Kier molecular flexibility index (Phi) is 4.84. The van der Waals surface area contributed by atoms with Gasteiger partial charge in [-0.15, -0.1) is 0 Å². The number of aromatic amines is 1. The number of aryl methyl sites for hydroxylation is 2.